The number of hydrogen-bond acceptors (Lipinski definition) is 6. The largest absolute Gasteiger partial charge is 0.378 e. The van der Waals surface area contributed by atoms with Crippen molar-refractivity contribution in [3.05, 3.63) is 0 Å². The van der Waals surface area contributed by atoms with E-state index >= 15 is 0 Å². The molecule has 0 aliphatic carbocycles. The summed E-state index contributed by atoms with van der Waals surface area (Å²) in [4.78, 5) is 2.86. The van der Waals surface area contributed by atoms with E-state index in [1.165, 1.54) is 0 Å². The van der Waals surface area contributed by atoms with E-state index in [9.17, 15) is 0 Å². The zero-order chi connectivity index (χ0) is 13.3. The first-order valence-electron chi connectivity index (χ1n) is 5.82. The van der Waals surface area contributed by atoms with Crippen LogP contribution in [-0.2, 0) is 18.9 Å². The molecule has 0 unspecified atom stereocenters. The van der Waals surface area contributed by atoms with E-state index < -0.39 is 0 Å². The fourth-order valence-electron chi connectivity index (χ4n) is 0.972. The van der Waals surface area contributed by atoms with Crippen molar-refractivity contribution in [3.8, 4) is 0 Å². The van der Waals surface area contributed by atoms with Crippen LogP contribution in [0.5, 0.6) is 0 Å². The van der Waals surface area contributed by atoms with E-state index in [2.05, 4.69) is 26.0 Å². The summed E-state index contributed by atoms with van der Waals surface area (Å²) in [5.74, 6) is 0. The molecule has 0 heterocycles. The highest BCUT2D eigenvalue weighted by Crippen LogP contribution is 1.84. The molecular weight excluding hydrogens is 306 g/mol. The second kappa shape index (κ2) is 16.6. The number of hydrogen-bond donors (Lipinski definition) is 1. The van der Waals surface area contributed by atoms with Gasteiger partial charge in [0, 0.05) is 5.33 Å². The SMILES string of the molecule is N=[N+]=NCCOCCOCCOCCOCCBr. The summed E-state index contributed by atoms with van der Waals surface area (Å²) in [5.41, 5.74) is 6.42. The maximum atomic E-state index is 6.42. The van der Waals surface area contributed by atoms with Gasteiger partial charge in [0.1, 0.15) is 17.2 Å². The van der Waals surface area contributed by atoms with Gasteiger partial charge in [-0.05, 0) is 0 Å². The Bertz CT molecular complexity index is 215. The first kappa shape index (κ1) is 17.6. The summed E-state index contributed by atoms with van der Waals surface area (Å²) in [6.07, 6.45) is 0. The molecule has 0 aromatic carbocycles. The van der Waals surface area contributed by atoms with Crippen LogP contribution < -0.4 is 4.91 Å². The standard InChI is InChI=1S/C10H21BrN3O4/c11-1-3-15-5-7-17-9-10-18-8-6-16-4-2-13-14-12/h12H,1-10H2/q+1. The molecule has 7 nitrogen and oxygen atoms in total. The Morgan fingerprint density at radius 3 is 1.67 bits per heavy atom. The first-order chi connectivity index (χ1) is 8.91. The lowest BCUT2D eigenvalue weighted by Crippen LogP contribution is -2.12. The van der Waals surface area contributed by atoms with Gasteiger partial charge in [0.15, 0.2) is 0 Å². The number of rotatable bonds is 14. The number of nitrogens with zero attached hydrogens (tertiary/aromatic N) is 2. The highest BCUT2D eigenvalue weighted by Gasteiger charge is 1.93. The number of ether oxygens (including phenoxy) is 4. The molecule has 0 rings (SSSR count). The van der Waals surface area contributed by atoms with Gasteiger partial charge in [-0.25, -0.2) is 0 Å². The van der Waals surface area contributed by atoms with Crippen molar-refractivity contribution >= 4 is 15.9 Å². The van der Waals surface area contributed by atoms with Crippen molar-refractivity contribution in [2.24, 2.45) is 5.11 Å². The maximum Gasteiger partial charge on any atom is 0.214 e. The summed E-state index contributed by atoms with van der Waals surface area (Å²) in [5, 5.41) is 4.30. The Hall–Kier alpha value is -0.370. The van der Waals surface area contributed by atoms with Crippen molar-refractivity contribution in [2.75, 3.05) is 64.7 Å². The van der Waals surface area contributed by atoms with Crippen LogP contribution in [0.15, 0.2) is 5.11 Å². The van der Waals surface area contributed by atoms with Crippen LogP contribution in [0.1, 0.15) is 0 Å². The van der Waals surface area contributed by atoms with Crippen LogP contribution in [0.2, 0.25) is 0 Å². The van der Waals surface area contributed by atoms with Gasteiger partial charge in [0.25, 0.3) is 0 Å². The molecule has 106 valence electrons. The zero-order valence-corrected chi connectivity index (χ0v) is 12.1. The van der Waals surface area contributed by atoms with Crippen LogP contribution in [0, 0.1) is 5.53 Å². The van der Waals surface area contributed by atoms with Crippen LogP contribution >= 0.6 is 15.9 Å². The minimum absolute atomic E-state index is 0.418. The molecule has 0 aliphatic heterocycles. The van der Waals surface area contributed by atoms with E-state index in [0.29, 0.717) is 59.4 Å². The van der Waals surface area contributed by atoms with Gasteiger partial charge in [-0.15, -0.1) is 0 Å². The fourth-order valence-corrected chi connectivity index (χ4v) is 1.20. The predicted octanol–water partition coefficient (Wildman–Crippen LogP) is 0.998. The molecule has 0 fully saturated rings. The Morgan fingerprint density at radius 2 is 1.22 bits per heavy atom. The molecule has 8 heteroatoms. The molecule has 0 aliphatic rings. The molecule has 0 amide bonds. The van der Waals surface area contributed by atoms with Crippen molar-refractivity contribution in [3.63, 3.8) is 0 Å². The molecule has 0 bridgehead atoms. The summed E-state index contributed by atoms with van der Waals surface area (Å²) < 4.78 is 21.0. The van der Waals surface area contributed by atoms with Crippen molar-refractivity contribution in [2.45, 2.75) is 0 Å². The number of alkyl halides is 1. The van der Waals surface area contributed by atoms with Crippen LogP contribution in [-0.4, -0.2) is 64.7 Å². The van der Waals surface area contributed by atoms with E-state index in [1.807, 2.05) is 0 Å². The van der Waals surface area contributed by atoms with Gasteiger partial charge < -0.3 is 18.9 Å². The van der Waals surface area contributed by atoms with E-state index in [4.69, 9.17) is 24.5 Å². The van der Waals surface area contributed by atoms with Crippen LogP contribution in [0.4, 0.5) is 0 Å². The first-order valence-corrected chi connectivity index (χ1v) is 6.94. The molecule has 0 saturated carbocycles. The van der Waals surface area contributed by atoms with Crippen molar-refractivity contribution in [1.29, 1.82) is 5.53 Å². The Morgan fingerprint density at radius 1 is 0.778 bits per heavy atom. The normalized spacial score (nSPS) is 10.3. The maximum absolute atomic E-state index is 6.42. The zero-order valence-electron chi connectivity index (χ0n) is 10.5. The molecule has 0 aromatic heterocycles. The molecule has 1 N–H and O–H groups in total. The topological polar surface area (TPSA) is 87.2 Å². The summed E-state index contributed by atoms with van der Waals surface area (Å²) in [6, 6.07) is 0. The monoisotopic (exact) mass is 326 g/mol. The molecule has 0 aromatic rings. The lowest BCUT2D eigenvalue weighted by molar-refractivity contribution is 0.000631. The average molecular weight is 327 g/mol. The van der Waals surface area contributed by atoms with E-state index in [0.717, 1.165) is 5.33 Å². The predicted molar refractivity (Wildman–Crippen MR) is 69.2 cm³/mol. The highest BCUT2D eigenvalue weighted by atomic mass is 79.9. The molecule has 0 saturated heterocycles. The molecule has 0 spiro atoms. The second-order valence-corrected chi connectivity index (χ2v) is 3.90. The van der Waals surface area contributed by atoms with Gasteiger partial charge in [-0.1, -0.05) is 15.9 Å². The van der Waals surface area contributed by atoms with Crippen LogP contribution in [0.3, 0.4) is 0 Å². The van der Waals surface area contributed by atoms with Gasteiger partial charge in [0.2, 0.25) is 4.91 Å². The van der Waals surface area contributed by atoms with Gasteiger partial charge in [0.05, 0.1) is 52.9 Å². The Balaban J connectivity index is 2.92. The summed E-state index contributed by atoms with van der Waals surface area (Å²) >= 11 is 3.27. The average Bonchev–Trinajstić information content (AvgIpc) is 2.39. The van der Waals surface area contributed by atoms with E-state index in [-0.39, 0.29) is 0 Å². The Kier molecular flexibility index (Phi) is 16.3. The minimum Gasteiger partial charge on any atom is -0.378 e. The summed E-state index contributed by atoms with van der Waals surface area (Å²) in [7, 11) is 0. The molecule has 0 radical (unpaired) electrons. The smallest absolute Gasteiger partial charge is 0.214 e. The Labute approximate surface area is 115 Å². The number of nitrogens with one attached hydrogen (secondary N) is 1. The summed E-state index contributed by atoms with van der Waals surface area (Å²) in [6.45, 7) is 4.94. The van der Waals surface area contributed by atoms with E-state index in [1.54, 1.807) is 0 Å². The van der Waals surface area contributed by atoms with Crippen LogP contribution in [0.25, 0.3) is 0 Å². The lowest BCUT2D eigenvalue weighted by Gasteiger charge is -2.06. The lowest BCUT2D eigenvalue weighted by atomic mass is 10.7. The third-order valence-corrected chi connectivity index (χ3v) is 2.07. The second-order valence-electron chi connectivity index (χ2n) is 3.10. The number of halogens is 1. The van der Waals surface area contributed by atoms with Crippen molar-refractivity contribution < 1.29 is 18.9 Å². The highest BCUT2D eigenvalue weighted by molar-refractivity contribution is 9.09. The van der Waals surface area contributed by atoms with Crippen molar-refractivity contribution in [1.82, 2.24) is 4.91 Å². The fraction of sp³-hybridized carbons (Fsp3) is 1.00. The molecule has 0 atom stereocenters. The third-order valence-electron chi connectivity index (χ3n) is 1.74. The quantitative estimate of drug-likeness (QED) is 0.223. The van der Waals surface area contributed by atoms with Gasteiger partial charge >= 0.3 is 0 Å². The third kappa shape index (κ3) is 15.6. The van der Waals surface area contributed by atoms with Gasteiger partial charge in [-0.3, -0.25) is 0 Å². The molecular formula is C10H21BrN3O4+. The minimum atomic E-state index is 0.418. The van der Waals surface area contributed by atoms with Gasteiger partial charge in [-0.2, -0.15) is 0 Å². The molecule has 18 heavy (non-hydrogen) atoms.